The first kappa shape index (κ1) is 19.2. The van der Waals surface area contributed by atoms with Crippen LogP contribution in [0.3, 0.4) is 0 Å². The van der Waals surface area contributed by atoms with Gasteiger partial charge in [0.15, 0.2) is 5.69 Å². The number of hydrogen-bond acceptors (Lipinski definition) is 5. The molecule has 0 amide bonds. The number of anilines is 3. The van der Waals surface area contributed by atoms with Crippen molar-refractivity contribution in [3.63, 3.8) is 0 Å². The van der Waals surface area contributed by atoms with Gasteiger partial charge in [-0.1, -0.05) is 17.7 Å². The Labute approximate surface area is 147 Å². The van der Waals surface area contributed by atoms with Crippen molar-refractivity contribution in [3.05, 3.63) is 40.8 Å². The SMILES string of the molecule is CN(C)CCNc1nc(Nc2c(F)cccc2Cl)cc(C(F)(F)F)n1. The Morgan fingerprint density at radius 3 is 2.52 bits per heavy atom. The molecule has 25 heavy (non-hydrogen) atoms. The van der Waals surface area contributed by atoms with E-state index in [9.17, 15) is 17.6 Å². The molecule has 0 unspecified atom stereocenters. The van der Waals surface area contributed by atoms with Crippen LogP contribution >= 0.6 is 11.6 Å². The van der Waals surface area contributed by atoms with E-state index >= 15 is 0 Å². The molecule has 2 rings (SSSR count). The fourth-order valence-corrected chi connectivity index (χ4v) is 2.08. The number of benzene rings is 1. The van der Waals surface area contributed by atoms with Gasteiger partial charge in [-0.2, -0.15) is 18.2 Å². The number of halogens is 5. The van der Waals surface area contributed by atoms with Gasteiger partial charge in [-0.25, -0.2) is 9.37 Å². The third-order valence-electron chi connectivity index (χ3n) is 3.07. The number of rotatable bonds is 6. The fraction of sp³-hybridized carbons (Fsp3) is 0.333. The Morgan fingerprint density at radius 2 is 1.92 bits per heavy atom. The second-order valence-electron chi connectivity index (χ2n) is 5.41. The Hall–Kier alpha value is -2.13. The smallest absolute Gasteiger partial charge is 0.353 e. The molecule has 1 aromatic carbocycles. The van der Waals surface area contributed by atoms with Crippen LogP contribution in [0.5, 0.6) is 0 Å². The minimum Gasteiger partial charge on any atom is -0.353 e. The third kappa shape index (κ3) is 5.43. The average Bonchev–Trinajstić information content (AvgIpc) is 2.50. The second-order valence-corrected chi connectivity index (χ2v) is 5.82. The summed E-state index contributed by atoms with van der Waals surface area (Å²) in [6.07, 6.45) is -4.67. The van der Waals surface area contributed by atoms with Gasteiger partial charge < -0.3 is 15.5 Å². The molecule has 1 heterocycles. The van der Waals surface area contributed by atoms with Crippen LogP contribution in [0.2, 0.25) is 5.02 Å². The summed E-state index contributed by atoms with van der Waals surface area (Å²) in [7, 11) is 3.64. The maximum absolute atomic E-state index is 13.8. The highest BCUT2D eigenvalue weighted by Crippen LogP contribution is 2.32. The van der Waals surface area contributed by atoms with Crippen LogP contribution in [-0.4, -0.2) is 42.1 Å². The molecule has 0 aliphatic heterocycles. The third-order valence-corrected chi connectivity index (χ3v) is 3.39. The van der Waals surface area contributed by atoms with E-state index < -0.39 is 17.7 Å². The van der Waals surface area contributed by atoms with Gasteiger partial charge in [0.05, 0.1) is 10.7 Å². The molecule has 0 spiro atoms. The molecule has 1 aromatic heterocycles. The van der Waals surface area contributed by atoms with Gasteiger partial charge in [-0.3, -0.25) is 0 Å². The lowest BCUT2D eigenvalue weighted by atomic mass is 10.3. The minimum absolute atomic E-state index is 0.0225. The molecule has 0 fully saturated rings. The highest BCUT2D eigenvalue weighted by Gasteiger charge is 2.34. The second kappa shape index (κ2) is 7.83. The number of hydrogen-bond donors (Lipinski definition) is 2. The molecule has 0 bridgehead atoms. The molecule has 2 aromatic rings. The molecule has 2 N–H and O–H groups in total. The van der Waals surface area contributed by atoms with Crippen molar-refractivity contribution < 1.29 is 17.6 Å². The summed E-state index contributed by atoms with van der Waals surface area (Å²) >= 11 is 5.88. The predicted molar refractivity (Wildman–Crippen MR) is 88.8 cm³/mol. The molecule has 0 radical (unpaired) electrons. The first-order valence-electron chi connectivity index (χ1n) is 7.22. The minimum atomic E-state index is -4.67. The summed E-state index contributed by atoms with van der Waals surface area (Å²) < 4.78 is 53.0. The Bertz CT molecular complexity index is 716. The maximum atomic E-state index is 13.8. The largest absolute Gasteiger partial charge is 0.433 e. The Morgan fingerprint density at radius 1 is 1.20 bits per heavy atom. The zero-order chi connectivity index (χ0) is 18.6. The molecular weight excluding hydrogens is 362 g/mol. The predicted octanol–water partition coefficient (Wildman–Crippen LogP) is 4.01. The topological polar surface area (TPSA) is 53.1 Å². The van der Waals surface area contributed by atoms with E-state index in [1.165, 1.54) is 12.1 Å². The van der Waals surface area contributed by atoms with Gasteiger partial charge in [-0.15, -0.1) is 0 Å². The van der Waals surface area contributed by atoms with Gasteiger partial charge in [0.25, 0.3) is 0 Å². The summed E-state index contributed by atoms with van der Waals surface area (Å²) in [6.45, 7) is 0.912. The molecule has 10 heteroatoms. The van der Waals surface area contributed by atoms with E-state index in [1.807, 2.05) is 19.0 Å². The van der Waals surface area contributed by atoms with E-state index in [-0.39, 0.29) is 22.5 Å². The van der Waals surface area contributed by atoms with Crippen LogP contribution in [0.25, 0.3) is 0 Å². The standard InChI is InChI=1S/C15H16ClF4N5/c1-25(2)7-6-21-14-22-11(15(18,19)20)8-12(24-14)23-13-9(16)4-3-5-10(13)17/h3-5,8H,6-7H2,1-2H3,(H2,21,22,23,24). The first-order valence-corrected chi connectivity index (χ1v) is 7.60. The molecule has 0 saturated carbocycles. The van der Waals surface area contributed by atoms with Crippen LogP contribution in [0.4, 0.5) is 35.0 Å². The number of alkyl halides is 3. The van der Waals surface area contributed by atoms with Crippen molar-refractivity contribution in [3.8, 4) is 0 Å². The van der Waals surface area contributed by atoms with Crippen LogP contribution < -0.4 is 10.6 Å². The van der Waals surface area contributed by atoms with Crippen molar-refractivity contribution in [2.75, 3.05) is 37.8 Å². The molecule has 5 nitrogen and oxygen atoms in total. The van der Waals surface area contributed by atoms with E-state index in [2.05, 4.69) is 20.6 Å². The van der Waals surface area contributed by atoms with E-state index in [4.69, 9.17) is 11.6 Å². The molecule has 0 atom stereocenters. The Kier molecular flexibility index (Phi) is 6.02. The summed E-state index contributed by atoms with van der Waals surface area (Å²) in [5.41, 5.74) is -1.31. The van der Waals surface area contributed by atoms with Crippen LogP contribution in [0, 0.1) is 5.82 Å². The lowest BCUT2D eigenvalue weighted by molar-refractivity contribution is -0.141. The summed E-state index contributed by atoms with van der Waals surface area (Å²) in [4.78, 5) is 9.25. The maximum Gasteiger partial charge on any atom is 0.433 e. The fourth-order valence-electron chi connectivity index (χ4n) is 1.87. The molecular formula is C15H16ClF4N5. The van der Waals surface area contributed by atoms with Crippen molar-refractivity contribution in [2.45, 2.75) is 6.18 Å². The first-order chi connectivity index (χ1) is 11.7. The zero-order valence-electron chi connectivity index (χ0n) is 13.5. The molecule has 0 aliphatic carbocycles. The quantitative estimate of drug-likeness (QED) is 0.745. The number of likely N-dealkylation sites (N-methyl/N-ethyl adjacent to an activating group) is 1. The number of nitrogens with zero attached hydrogens (tertiary/aromatic N) is 3. The van der Waals surface area contributed by atoms with Crippen LogP contribution in [0.1, 0.15) is 5.69 Å². The lowest BCUT2D eigenvalue weighted by Crippen LogP contribution is -2.22. The lowest BCUT2D eigenvalue weighted by Gasteiger charge is -2.15. The van der Waals surface area contributed by atoms with Crippen molar-refractivity contribution >= 4 is 29.1 Å². The van der Waals surface area contributed by atoms with Gasteiger partial charge in [0, 0.05) is 19.2 Å². The highest BCUT2D eigenvalue weighted by molar-refractivity contribution is 6.33. The van der Waals surface area contributed by atoms with Gasteiger partial charge >= 0.3 is 6.18 Å². The van der Waals surface area contributed by atoms with Crippen LogP contribution in [0.15, 0.2) is 24.3 Å². The van der Waals surface area contributed by atoms with Gasteiger partial charge in [0.2, 0.25) is 5.95 Å². The molecule has 0 aliphatic rings. The molecule has 0 saturated heterocycles. The summed E-state index contributed by atoms with van der Waals surface area (Å²) in [5, 5.41) is 5.22. The zero-order valence-corrected chi connectivity index (χ0v) is 14.2. The van der Waals surface area contributed by atoms with Crippen molar-refractivity contribution in [1.82, 2.24) is 14.9 Å². The average molecular weight is 378 g/mol. The normalized spacial score (nSPS) is 11.7. The number of nitrogens with one attached hydrogen (secondary N) is 2. The van der Waals surface area contributed by atoms with Crippen molar-refractivity contribution in [2.24, 2.45) is 0 Å². The summed E-state index contributed by atoms with van der Waals surface area (Å²) in [6, 6.07) is 4.63. The number of para-hydroxylation sites is 1. The van der Waals surface area contributed by atoms with E-state index in [0.717, 1.165) is 6.07 Å². The summed E-state index contributed by atoms with van der Waals surface area (Å²) in [5.74, 6) is -1.14. The number of aromatic nitrogens is 2. The monoisotopic (exact) mass is 377 g/mol. The van der Waals surface area contributed by atoms with E-state index in [0.29, 0.717) is 19.2 Å². The van der Waals surface area contributed by atoms with Crippen LogP contribution in [-0.2, 0) is 6.18 Å². The van der Waals surface area contributed by atoms with E-state index in [1.54, 1.807) is 0 Å². The van der Waals surface area contributed by atoms with Gasteiger partial charge in [0.1, 0.15) is 11.6 Å². The van der Waals surface area contributed by atoms with Gasteiger partial charge in [-0.05, 0) is 26.2 Å². The molecule has 136 valence electrons. The van der Waals surface area contributed by atoms with Crippen molar-refractivity contribution in [1.29, 1.82) is 0 Å². The highest BCUT2D eigenvalue weighted by atomic mass is 35.5. The Balaban J connectivity index is 2.33.